The van der Waals surface area contributed by atoms with Crippen molar-refractivity contribution in [1.29, 1.82) is 0 Å². The molecule has 0 amide bonds. The number of benzene rings is 1. The van der Waals surface area contributed by atoms with Crippen LogP contribution >= 0.6 is 0 Å². The number of hydrogen-bond acceptors (Lipinski definition) is 3. The molecule has 2 N–H and O–H groups in total. The number of nitrogens with two attached hydrogens (primary N) is 1. The molecule has 0 spiro atoms. The Morgan fingerprint density at radius 1 is 1.38 bits per heavy atom. The molecule has 3 nitrogen and oxygen atoms in total. The van der Waals surface area contributed by atoms with Crippen LogP contribution in [0.2, 0.25) is 0 Å². The Hall–Kier alpha value is -1.35. The van der Waals surface area contributed by atoms with E-state index in [1.54, 1.807) is 0 Å². The van der Waals surface area contributed by atoms with Crippen LogP contribution in [0.3, 0.4) is 0 Å². The summed E-state index contributed by atoms with van der Waals surface area (Å²) in [6.45, 7) is 2.28. The van der Waals surface area contributed by atoms with Gasteiger partial charge >= 0.3 is 0 Å². The molecule has 13 heavy (non-hydrogen) atoms. The third kappa shape index (κ3) is 1.55. The Kier molecular flexibility index (Phi) is 2.27. The summed E-state index contributed by atoms with van der Waals surface area (Å²) in [5.41, 5.74) is 8.03. The van der Waals surface area contributed by atoms with Crippen LogP contribution in [-0.2, 0) is 6.54 Å². The van der Waals surface area contributed by atoms with Crippen molar-refractivity contribution >= 4 is 12.0 Å². The van der Waals surface area contributed by atoms with Gasteiger partial charge < -0.3 is 10.6 Å². The molecule has 1 aliphatic rings. The van der Waals surface area contributed by atoms with Gasteiger partial charge in [-0.3, -0.25) is 4.99 Å². The van der Waals surface area contributed by atoms with E-state index in [2.05, 4.69) is 22.0 Å². The Bertz CT molecular complexity index is 320. The average Bonchev–Trinajstić information content (AvgIpc) is 2.19. The van der Waals surface area contributed by atoms with E-state index in [1.165, 1.54) is 11.3 Å². The van der Waals surface area contributed by atoms with Gasteiger partial charge in [-0.05, 0) is 11.6 Å². The van der Waals surface area contributed by atoms with Crippen molar-refractivity contribution < 1.29 is 0 Å². The molecule has 1 heterocycles. The molecule has 0 saturated heterocycles. The maximum atomic E-state index is 5.51. The van der Waals surface area contributed by atoms with E-state index in [0.717, 1.165) is 13.1 Å². The van der Waals surface area contributed by atoms with Gasteiger partial charge in [-0.15, -0.1) is 0 Å². The fourth-order valence-corrected chi connectivity index (χ4v) is 1.54. The summed E-state index contributed by atoms with van der Waals surface area (Å²) in [5.74, 6) is 0. The standard InChI is InChI=1S/C10H13N3/c11-5-6-13-8-12-7-9-3-1-2-4-10(9)13/h1-4,8H,5-7,11H2. The second kappa shape index (κ2) is 3.58. The SMILES string of the molecule is NCCN1C=NCc2ccccc21. The van der Waals surface area contributed by atoms with Crippen molar-refractivity contribution in [3.8, 4) is 0 Å². The van der Waals surface area contributed by atoms with Gasteiger partial charge in [-0.1, -0.05) is 18.2 Å². The first-order valence-corrected chi connectivity index (χ1v) is 4.46. The molecule has 0 saturated carbocycles. The maximum absolute atomic E-state index is 5.51. The van der Waals surface area contributed by atoms with E-state index in [0.29, 0.717) is 6.54 Å². The third-order valence-electron chi connectivity index (χ3n) is 2.15. The number of rotatable bonds is 2. The summed E-state index contributed by atoms with van der Waals surface area (Å²) in [6, 6.07) is 8.30. The number of hydrogen-bond donors (Lipinski definition) is 1. The third-order valence-corrected chi connectivity index (χ3v) is 2.15. The minimum atomic E-state index is 0.653. The van der Waals surface area contributed by atoms with Crippen LogP contribution in [0.15, 0.2) is 29.3 Å². The van der Waals surface area contributed by atoms with Crippen LogP contribution in [0.25, 0.3) is 0 Å². The molecule has 3 heteroatoms. The molecule has 1 aliphatic heterocycles. The first-order chi connectivity index (χ1) is 6.42. The zero-order valence-electron chi connectivity index (χ0n) is 7.48. The van der Waals surface area contributed by atoms with Crippen molar-refractivity contribution in [3.05, 3.63) is 29.8 Å². The lowest BCUT2D eigenvalue weighted by Gasteiger charge is -2.24. The first kappa shape index (κ1) is 8.26. The quantitative estimate of drug-likeness (QED) is 0.728. The first-order valence-electron chi connectivity index (χ1n) is 4.46. The molecule has 0 unspecified atom stereocenters. The number of anilines is 1. The fourth-order valence-electron chi connectivity index (χ4n) is 1.54. The summed E-state index contributed by atoms with van der Waals surface area (Å²) in [6.07, 6.45) is 1.87. The van der Waals surface area contributed by atoms with E-state index in [-0.39, 0.29) is 0 Å². The number of aliphatic imine (C=N–C) groups is 1. The topological polar surface area (TPSA) is 41.6 Å². The highest BCUT2D eigenvalue weighted by Gasteiger charge is 2.10. The molecule has 68 valence electrons. The highest BCUT2D eigenvalue weighted by atomic mass is 15.2. The maximum Gasteiger partial charge on any atom is 0.0899 e. The minimum absolute atomic E-state index is 0.653. The van der Waals surface area contributed by atoms with Gasteiger partial charge in [0.15, 0.2) is 0 Å². The molecule has 0 aliphatic carbocycles. The van der Waals surface area contributed by atoms with Crippen molar-refractivity contribution in [2.45, 2.75) is 6.54 Å². The van der Waals surface area contributed by atoms with Crippen LogP contribution in [0.5, 0.6) is 0 Å². The Balaban J connectivity index is 2.31. The van der Waals surface area contributed by atoms with E-state index >= 15 is 0 Å². The molecular formula is C10H13N3. The van der Waals surface area contributed by atoms with Crippen LogP contribution in [-0.4, -0.2) is 19.4 Å². The molecule has 2 rings (SSSR count). The molecule has 0 bridgehead atoms. The summed E-state index contributed by atoms with van der Waals surface area (Å²) < 4.78 is 0. The average molecular weight is 175 g/mol. The van der Waals surface area contributed by atoms with Crippen molar-refractivity contribution in [2.75, 3.05) is 18.0 Å². The molecule has 0 radical (unpaired) electrons. The smallest absolute Gasteiger partial charge is 0.0899 e. The second-order valence-corrected chi connectivity index (χ2v) is 3.07. The Morgan fingerprint density at radius 2 is 2.23 bits per heavy atom. The summed E-state index contributed by atoms with van der Waals surface area (Å²) >= 11 is 0. The highest BCUT2D eigenvalue weighted by molar-refractivity contribution is 5.82. The van der Waals surface area contributed by atoms with Gasteiger partial charge in [-0.25, -0.2) is 0 Å². The lowest BCUT2D eigenvalue weighted by molar-refractivity contribution is 0.909. The van der Waals surface area contributed by atoms with Gasteiger partial charge in [0.25, 0.3) is 0 Å². The van der Waals surface area contributed by atoms with Crippen LogP contribution in [0.1, 0.15) is 5.56 Å². The fraction of sp³-hybridized carbons (Fsp3) is 0.300. The molecule has 0 aromatic heterocycles. The zero-order chi connectivity index (χ0) is 9.10. The minimum Gasteiger partial charge on any atom is -0.331 e. The molecular weight excluding hydrogens is 162 g/mol. The van der Waals surface area contributed by atoms with Gasteiger partial charge in [0.1, 0.15) is 0 Å². The Morgan fingerprint density at radius 3 is 3.08 bits per heavy atom. The number of fused-ring (bicyclic) bond motifs is 1. The predicted molar refractivity (Wildman–Crippen MR) is 55.0 cm³/mol. The second-order valence-electron chi connectivity index (χ2n) is 3.07. The number of nitrogens with zero attached hydrogens (tertiary/aromatic N) is 2. The van der Waals surface area contributed by atoms with E-state index in [4.69, 9.17) is 5.73 Å². The van der Waals surface area contributed by atoms with Gasteiger partial charge in [0, 0.05) is 18.8 Å². The summed E-state index contributed by atoms with van der Waals surface area (Å²) in [4.78, 5) is 6.36. The molecule has 1 aromatic rings. The molecule has 0 atom stereocenters. The summed E-state index contributed by atoms with van der Waals surface area (Å²) in [7, 11) is 0. The lowest BCUT2D eigenvalue weighted by atomic mass is 10.1. The zero-order valence-corrected chi connectivity index (χ0v) is 7.48. The van der Waals surface area contributed by atoms with Crippen molar-refractivity contribution in [2.24, 2.45) is 10.7 Å². The van der Waals surface area contributed by atoms with Crippen LogP contribution < -0.4 is 10.6 Å². The highest BCUT2D eigenvalue weighted by Crippen LogP contribution is 2.22. The monoisotopic (exact) mass is 175 g/mol. The van der Waals surface area contributed by atoms with Crippen LogP contribution in [0, 0.1) is 0 Å². The van der Waals surface area contributed by atoms with Crippen molar-refractivity contribution in [3.63, 3.8) is 0 Å². The van der Waals surface area contributed by atoms with Gasteiger partial charge in [0.05, 0.1) is 12.9 Å². The van der Waals surface area contributed by atoms with E-state index < -0.39 is 0 Å². The lowest BCUT2D eigenvalue weighted by Crippen LogP contribution is -2.30. The summed E-state index contributed by atoms with van der Waals surface area (Å²) in [5, 5.41) is 0. The van der Waals surface area contributed by atoms with Crippen molar-refractivity contribution in [1.82, 2.24) is 0 Å². The molecule has 0 fully saturated rings. The van der Waals surface area contributed by atoms with Gasteiger partial charge in [0.2, 0.25) is 0 Å². The normalized spacial score (nSPS) is 14.4. The predicted octanol–water partition coefficient (Wildman–Crippen LogP) is 0.994. The Labute approximate surface area is 77.9 Å². The number of para-hydroxylation sites is 1. The van der Waals surface area contributed by atoms with E-state index in [1.807, 2.05) is 18.5 Å². The molecule has 1 aromatic carbocycles. The van der Waals surface area contributed by atoms with Gasteiger partial charge in [-0.2, -0.15) is 0 Å². The van der Waals surface area contributed by atoms with E-state index in [9.17, 15) is 0 Å². The largest absolute Gasteiger partial charge is 0.331 e. The van der Waals surface area contributed by atoms with Crippen LogP contribution in [0.4, 0.5) is 5.69 Å².